The molecule has 2 aromatic carbocycles. The predicted octanol–water partition coefficient (Wildman–Crippen LogP) is 2.81. The molecule has 0 saturated carbocycles. The number of hydrogen-bond donors (Lipinski definition) is 3. The van der Waals surface area contributed by atoms with Crippen molar-refractivity contribution in [1.29, 1.82) is 0 Å². The highest BCUT2D eigenvalue weighted by Crippen LogP contribution is 2.43. The highest BCUT2D eigenvalue weighted by atomic mass is 35.5. The van der Waals surface area contributed by atoms with Crippen LogP contribution in [0.3, 0.4) is 0 Å². The van der Waals surface area contributed by atoms with Crippen molar-refractivity contribution in [1.82, 2.24) is 5.32 Å². The SMILES string of the molecule is NC(=O)C1C(N)NC(c2ccc(Cl)cc2)C1c1ccc(Cl)cc1. The lowest BCUT2D eigenvalue weighted by atomic mass is 9.80. The maximum Gasteiger partial charge on any atom is 0.224 e. The van der Waals surface area contributed by atoms with E-state index in [0.29, 0.717) is 10.0 Å². The number of halogens is 2. The molecule has 1 fully saturated rings. The maximum atomic E-state index is 11.9. The minimum atomic E-state index is -0.506. The van der Waals surface area contributed by atoms with Crippen LogP contribution in [0.5, 0.6) is 0 Å². The topological polar surface area (TPSA) is 81.1 Å². The van der Waals surface area contributed by atoms with Crippen molar-refractivity contribution < 1.29 is 4.79 Å². The Kier molecular flexibility index (Phi) is 4.60. The van der Waals surface area contributed by atoms with Gasteiger partial charge >= 0.3 is 0 Å². The van der Waals surface area contributed by atoms with E-state index in [-0.39, 0.29) is 12.0 Å². The lowest BCUT2D eigenvalue weighted by Crippen LogP contribution is -2.42. The zero-order valence-corrected chi connectivity index (χ0v) is 13.8. The van der Waals surface area contributed by atoms with Crippen LogP contribution in [0.25, 0.3) is 0 Å². The lowest BCUT2D eigenvalue weighted by Gasteiger charge is -2.23. The number of nitrogens with one attached hydrogen (secondary N) is 1. The highest BCUT2D eigenvalue weighted by Gasteiger charge is 2.45. The molecule has 3 rings (SSSR count). The zero-order chi connectivity index (χ0) is 16.6. The normalized spacial score (nSPS) is 27.1. The number of amides is 1. The van der Waals surface area contributed by atoms with Crippen LogP contribution in [0.15, 0.2) is 48.5 Å². The van der Waals surface area contributed by atoms with E-state index in [1.807, 2.05) is 36.4 Å². The Morgan fingerprint density at radius 3 is 1.87 bits per heavy atom. The van der Waals surface area contributed by atoms with Gasteiger partial charge in [-0.3, -0.25) is 10.1 Å². The minimum absolute atomic E-state index is 0.124. The molecule has 1 heterocycles. The summed E-state index contributed by atoms with van der Waals surface area (Å²) in [7, 11) is 0. The number of primary amides is 1. The average Bonchev–Trinajstić information content (AvgIpc) is 2.86. The molecule has 4 atom stereocenters. The van der Waals surface area contributed by atoms with Gasteiger partial charge < -0.3 is 11.5 Å². The molecular formula is C17H17Cl2N3O. The molecule has 0 spiro atoms. The summed E-state index contributed by atoms with van der Waals surface area (Å²) in [5.41, 5.74) is 13.7. The Bertz CT molecular complexity index is 703. The van der Waals surface area contributed by atoms with Gasteiger partial charge in [-0.2, -0.15) is 0 Å². The summed E-state index contributed by atoms with van der Waals surface area (Å²) in [5.74, 6) is -1.08. The summed E-state index contributed by atoms with van der Waals surface area (Å²) in [4.78, 5) is 11.9. The van der Waals surface area contributed by atoms with Crippen LogP contribution in [0.1, 0.15) is 23.1 Å². The van der Waals surface area contributed by atoms with Gasteiger partial charge in [0.05, 0.1) is 12.1 Å². The largest absolute Gasteiger partial charge is 0.369 e. The fourth-order valence-corrected chi connectivity index (χ4v) is 3.51. The summed E-state index contributed by atoms with van der Waals surface area (Å²) in [6.45, 7) is 0. The smallest absolute Gasteiger partial charge is 0.224 e. The van der Waals surface area contributed by atoms with Crippen molar-refractivity contribution in [2.75, 3.05) is 0 Å². The van der Waals surface area contributed by atoms with E-state index in [1.54, 1.807) is 12.1 Å². The standard InChI is InChI=1S/C17H17Cl2N3O/c18-11-5-1-9(2-6-11)13-14(17(21)23)16(20)22-15(13)10-3-7-12(19)8-4-10/h1-8,13-16,22H,20H2,(H2,21,23). The second-order valence-electron chi connectivity index (χ2n) is 5.73. The van der Waals surface area contributed by atoms with Gasteiger partial charge in [-0.15, -0.1) is 0 Å². The predicted molar refractivity (Wildman–Crippen MR) is 92.2 cm³/mol. The van der Waals surface area contributed by atoms with E-state index in [4.69, 9.17) is 34.7 Å². The van der Waals surface area contributed by atoms with Crippen LogP contribution in [0, 0.1) is 5.92 Å². The van der Waals surface area contributed by atoms with E-state index in [9.17, 15) is 4.79 Å². The van der Waals surface area contributed by atoms with Crippen molar-refractivity contribution in [3.63, 3.8) is 0 Å². The van der Waals surface area contributed by atoms with Crippen molar-refractivity contribution in [2.24, 2.45) is 17.4 Å². The van der Waals surface area contributed by atoms with Gasteiger partial charge in [0.2, 0.25) is 5.91 Å². The molecule has 5 N–H and O–H groups in total. The van der Waals surface area contributed by atoms with Crippen LogP contribution in [-0.4, -0.2) is 12.1 Å². The molecule has 0 aliphatic carbocycles. The van der Waals surface area contributed by atoms with Gasteiger partial charge in [0.1, 0.15) is 0 Å². The minimum Gasteiger partial charge on any atom is -0.369 e. The number of nitrogens with two attached hydrogens (primary N) is 2. The molecule has 4 nitrogen and oxygen atoms in total. The fourth-order valence-electron chi connectivity index (χ4n) is 3.26. The molecule has 6 heteroatoms. The average molecular weight is 350 g/mol. The summed E-state index contributed by atoms with van der Waals surface area (Å²) < 4.78 is 0. The number of carbonyl (C=O) groups is 1. The third-order valence-corrected chi connectivity index (χ3v) is 4.82. The molecule has 0 aromatic heterocycles. The second kappa shape index (κ2) is 6.49. The molecule has 120 valence electrons. The first kappa shape index (κ1) is 16.3. The molecule has 0 radical (unpaired) electrons. The van der Waals surface area contributed by atoms with Gasteiger partial charge in [0, 0.05) is 22.0 Å². The number of hydrogen-bond acceptors (Lipinski definition) is 3. The number of rotatable bonds is 3. The molecule has 4 unspecified atom stereocenters. The zero-order valence-electron chi connectivity index (χ0n) is 12.2. The van der Waals surface area contributed by atoms with Crippen molar-refractivity contribution in [2.45, 2.75) is 18.1 Å². The van der Waals surface area contributed by atoms with Crippen LogP contribution >= 0.6 is 23.2 Å². The van der Waals surface area contributed by atoms with E-state index in [0.717, 1.165) is 11.1 Å². The first-order chi connectivity index (χ1) is 11.0. The first-order valence-corrected chi connectivity index (χ1v) is 8.05. The highest BCUT2D eigenvalue weighted by molar-refractivity contribution is 6.30. The lowest BCUT2D eigenvalue weighted by molar-refractivity contribution is -0.122. The maximum absolute atomic E-state index is 11.9. The van der Waals surface area contributed by atoms with Crippen molar-refractivity contribution in [3.8, 4) is 0 Å². The molecule has 1 saturated heterocycles. The van der Waals surface area contributed by atoms with Gasteiger partial charge in [-0.05, 0) is 35.4 Å². The van der Waals surface area contributed by atoms with Gasteiger partial charge in [0.15, 0.2) is 0 Å². The Morgan fingerprint density at radius 1 is 0.913 bits per heavy atom. The van der Waals surface area contributed by atoms with Crippen LogP contribution in [-0.2, 0) is 4.79 Å². The van der Waals surface area contributed by atoms with Crippen molar-refractivity contribution in [3.05, 3.63) is 69.7 Å². The molecule has 0 bridgehead atoms. The Labute approximate surface area is 144 Å². The number of carbonyl (C=O) groups excluding carboxylic acids is 1. The quantitative estimate of drug-likeness (QED) is 0.796. The van der Waals surface area contributed by atoms with E-state index < -0.39 is 18.0 Å². The fraction of sp³-hybridized carbons (Fsp3) is 0.235. The molecular weight excluding hydrogens is 333 g/mol. The van der Waals surface area contributed by atoms with E-state index in [2.05, 4.69) is 5.32 Å². The van der Waals surface area contributed by atoms with E-state index in [1.165, 1.54) is 0 Å². The monoisotopic (exact) mass is 349 g/mol. The van der Waals surface area contributed by atoms with Gasteiger partial charge in [0.25, 0.3) is 0 Å². The van der Waals surface area contributed by atoms with Gasteiger partial charge in [-0.1, -0.05) is 47.5 Å². The summed E-state index contributed by atoms with van der Waals surface area (Å²) in [6, 6.07) is 14.8. The molecule has 23 heavy (non-hydrogen) atoms. The molecule has 1 aliphatic heterocycles. The van der Waals surface area contributed by atoms with E-state index >= 15 is 0 Å². The van der Waals surface area contributed by atoms with Crippen molar-refractivity contribution >= 4 is 29.1 Å². The summed E-state index contributed by atoms with van der Waals surface area (Å²) in [6.07, 6.45) is -0.506. The van der Waals surface area contributed by atoms with Crippen LogP contribution < -0.4 is 16.8 Å². The van der Waals surface area contributed by atoms with Crippen LogP contribution in [0.4, 0.5) is 0 Å². The summed E-state index contributed by atoms with van der Waals surface area (Å²) in [5, 5.41) is 4.58. The first-order valence-electron chi connectivity index (χ1n) is 7.29. The number of benzene rings is 2. The Balaban J connectivity index is 2.04. The Hall–Kier alpha value is -1.59. The third kappa shape index (κ3) is 3.21. The third-order valence-electron chi connectivity index (χ3n) is 4.32. The Morgan fingerprint density at radius 2 is 1.39 bits per heavy atom. The molecule has 1 amide bonds. The van der Waals surface area contributed by atoms with Gasteiger partial charge in [-0.25, -0.2) is 0 Å². The molecule has 1 aliphatic rings. The van der Waals surface area contributed by atoms with Crippen LogP contribution in [0.2, 0.25) is 10.0 Å². The molecule has 2 aromatic rings. The second-order valence-corrected chi connectivity index (χ2v) is 6.60. The summed E-state index contributed by atoms with van der Waals surface area (Å²) >= 11 is 11.9.